The normalized spacial score (nSPS) is 51.1. The zero-order chi connectivity index (χ0) is 55.5. The molecule has 9 unspecified atom stereocenters. The lowest BCUT2D eigenvalue weighted by Crippen LogP contribution is -2.58. The second-order valence-corrected chi connectivity index (χ2v) is 30.4. The Morgan fingerprint density at radius 3 is 1.17 bits per heavy atom. The first kappa shape index (κ1) is 57.6. The zero-order valence-electron chi connectivity index (χ0n) is 48.6. The van der Waals surface area contributed by atoms with Gasteiger partial charge in [0.05, 0.1) is 18.3 Å². The first-order valence-corrected chi connectivity index (χ1v) is 31.3. The Balaban J connectivity index is 0.000000131. The molecule has 4 N–H and O–H groups in total. The number of rotatable bonds is 6. The Labute approximate surface area is 461 Å². The summed E-state index contributed by atoms with van der Waals surface area (Å²) in [5.41, 5.74) is 0.748. The molecule has 0 heterocycles. The van der Waals surface area contributed by atoms with Gasteiger partial charge in [-0.25, -0.2) is 0 Å². The molecule has 0 aromatic carbocycles. The van der Waals surface area contributed by atoms with Gasteiger partial charge in [-0.3, -0.25) is 28.8 Å². The number of fused-ring (bicyclic) bond motifs is 15. The summed E-state index contributed by atoms with van der Waals surface area (Å²) in [6.07, 6.45) is 22.1. The molecule has 0 bridgehead atoms. The minimum absolute atomic E-state index is 0.0274. The molecule has 24 atom stereocenters. The van der Waals surface area contributed by atoms with Crippen LogP contribution in [0.2, 0.25) is 0 Å². The van der Waals surface area contributed by atoms with Gasteiger partial charge in [0, 0.05) is 55.8 Å². The molecule has 430 valence electrons. The summed E-state index contributed by atoms with van der Waals surface area (Å²) in [5, 5.41) is 39.7. The molecule has 0 saturated heterocycles. The van der Waals surface area contributed by atoms with E-state index in [9.17, 15) is 49.2 Å². The lowest BCUT2D eigenvalue weighted by molar-refractivity contribution is -0.163. The van der Waals surface area contributed by atoms with Gasteiger partial charge in [-0.2, -0.15) is 0 Å². The largest absolute Gasteiger partial charge is 0.461 e. The monoisotopic (exact) mass is 1070 g/mol. The number of hydrogen-bond acceptors (Lipinski definition) is 11. The molecule has 0 radical (unpaired) electrons. The molecule has 12 aliphatic rings. The summed E-state index contributed by atoms with van der Waals surface area (Å²) in [6, 6.07) is 0. The Bertz CT molecular complexity index is 2340. The lowest BCUT2D eigenvalue weighted by atomic mass is 9.44. The Kier molecular flexibility index (Phi) is 15.7. The number of ether oxygens (including phenoxy) is 1. The van der Waals surface area contributed by atoms with Gasteiger partial charge < -0.3 is 25.2 Å². The van der Waals surface area contributed by atoms with Crippen molar-refractivity contribution in [1.29, 1.82) is 0 Å². The van der Waals surface area contributed by atoms with Crippen LogP contribution in [0.3, 0.4) is 0 Å². The number of Topliss-reactive ketones (excluding diaryl/α,β-unsaturated/α-hetero) is 5. The summed E-state index contributed by atoms with van der Waals surface area (Å²) in [7, 11) is 0. The van der Waals surface area contributed by atoms with Crippen molar-refractivity contribution in [2.24, 2.45) is 121 Å². The van der Waals surface area contributed by atoms with Crippen molar-refractivity contribution >= 4 is 34.9 Å². The van der Waals surface area contributed by atoms with E-state index >= 15 is 0 Å². The van der Waals surface area contributed by atoms with Crippen molar-refractivity contribution < 1.29 is 53.9 Å². The lowest BCUT2D eigenvalue weighted by Gasteiger charge is -2.60. The van der Waals surface area contributed by atoms with Crippen molar-refractivity contribution in [2.45, 2.75) is 228 Å². The third-order valence-corrected chi connectivity index (χ3v) is 27.0. The highest BCUT2D eigenvalue weighted by Crippen LogP contribution is 2.70. The highest BCUT2D eigenvalue weighted by atomic mass is 16.5. The SMILES string of the molecule is C=C(COC(C)=O)[C@H]1CCC2C3CC[C@H]4C[C@H](O)CC[C@]4(C)C3C(=O)C[C@@]21C.CC(=O)[C@H]1CCC2C3CC[C@H]4C[C@H](O)CC[C@]4(C)C3C(=O)C[C@@]21C.C[C@]12CC(=O)C3C(CC[C@H]4C[C@H](O)CC[C@]34C)C1CC[C@@H]2C(=O)CO. The Morgan fingerprint density at radius 1 is 0.481 bits per heavy atom. The number of carbonyl (C=O) groups is 6. The molecule has 12 rings (SSSR count). The van der Waals surface area contributed by atoms with Crippen LogP contribution < -0.4 is 0 Å². The van der Waals surface area contributed by atoms with E-state index in [1.165, 1.54) is 6.92 Å². The van der Waals surface area contributed by atoms with E-state index in [-0.39, 0.29) is 110 Å². The van der Waals surface area contributed by atoms with Crippen molar-refractivity contribution in [1.82, 2.24) is 0 Å². The fraction of sp³-hybridized carbons (Fsp3) is 0.879. The van der Waals surface area contributed by atoms with Gasteiger partial charge in [0.15, 0.2) is 5.78 Å². The van der Waals surface area contributed by atoms with Crippen LogP contribution in [0.5, 0.6) is 0 Å². The van der Waals surface area contributed by atoms with Crippen LogP contribution in [0.4, 0.5) is 0 Å². The fourth-order valence-corrected chi connectivity index (χ4v) is 23.4. The highest BCUT2D eigenvalue weighted by Gasteiger charge is 2.67. The minimum Gasteiger partial charge on any atom is -0.461 e. The van der Waals surface area contributed by atoms with Gasteiger partial charge in [-0.1, -0.05) is 48.1 Å². The molecule has 12 aliphatic carbocycles. The summed E-state index contributed by atoms with van der Waals surface area (Å²) in [6.45, 7) is 20.9. The average molecular weight is 1070 g/mol. The molecule has 12 saturated carbocycles. The molecular formula is C66H100O11. The third kappa shape index (κ3) is 9.41. The summed E-state index contributed by atoms with van der Waals surface area (Å²) < 4.78 is 5.22. The summed E-state index contributed by atoms with van der Waals surface area (Å²) >= 11 is 0. The van der Waals surface area contributed by atoms with Gasteiger partial charge >= 0.3 is 5.97 Å². The van der Waals surface area contributed by atoms with Crippen LogP contribution in [0.15, 0.2) is 12.2 Å². The van der Waals surface area contributed by atoms with Crippen LogP contribution in [0.25, 0.3) is 0 Å². The molecule has 0 amide bonds. The van der Waals surface area contributed by atoms with Gasteiger partial charge in [-0.15, -0.1) is 0 Å². The summed E-state index contributed by atoms with van der Waals surface area (Å²) in [5.74, 6) is 6.12. The van der Waals surface area contributed by atoms with E-state index in [0.29, 0.717) is 89.9 Å². The van der Waals surface area contributed by atoms with Crippen LogP contribution in [-0.2, 0) is 33.5 Å². The van der Waals surface area contributed by atoms with E-state index in [1.807, 2.05) is 0 Å². The maximum Gasteiger partial charge on any atom is 0.302 e. The predicted molar refractivity (Wildman–Crippen MR) is 293 cm³/mol. The molecular weight excluding hydrogens is 969 g/mol. The topological polar surface area (TPSA) is 193 Å². The zero-order valence-corrected chi connectivity index (χ0v) is 48.6. The van der Waals surface area contributed by atoms with Crippen LogP contribution in [-0.4, -0.2) is 86.8 Å². The molecule has 11 heteroatoms. The van der Waals surface area contributed by atoms with Crippen LogP contribution in [0, 0.1) is 121 Å². The number of aliphatic hydroxyl groups excluding tert-OH is 4. The van der Waals surface area contributed by atoms with Crippen molar-refractivity contribution in [2.75, 3.05) is 13.2 Å². The van der Waals surface area contributed by atoms with E-state index in [0.717, 1.165) is 140 Å². The molecule has 11 nitrogen and oxygen atoms in total. The first-order chi connectivity index (χ1) is 36.2. The fourth-order valence-electron chi connectivity index (χ4n) is 23.4. The van der Waals surface area contributed by atoms with E-state index < -0.39 is 6.61 Å². The number of esters is 1. The van der Waals surface area contributed by atoms with Crippen molar-refractivity contribution in [3.8, 4) is 0 Å². The Hall–Kier alpha value is -2.60. The smallest absolute Gasteiger partial charge is 0.302 e. The molecule has 0 aromatic rings. The van der Waals surface area contributed by atoms with Gasteiger partial charge in [0.2, 0.25) is 0 Å². The molecule has 77 heavy (non-hydrogen) atoms. The van der Waals surface area contributed by atoms with Gasteiger partial charge in [0.1, 0.15) is 36.3 Å². The number of hydrogen-bond donors (Lipinski definition) is 4. The molecule has 12 fully saturated rings. The third-order valence-electron chi connectivity index (χ3n) is 27.0. The second-order valence-electron chi connectivity index (χ2n) is 30.4. The first-order valence-electron chi connectivity index (χ1n) is 31.3. The van der Waals surface area contributed by atoms with Crippen molar-refractivity contribution in [3.05, 3.63) is 12.2 Å². The van der Waals surface area contributed by atoms with E-state index in [1.54, 1.807) is 6.92 Å². The summed E-state index contributed by atoms with van der Waals surface area (Å²) in [4.78, 5) is 75.9. The van der Waals surface area contributed by atoms with Gasteiger partial charge in [0.25, 0.3) is 0 Å². The second kappa shape index (κ2) is 21.0. The highest BCUT2D eigenvalue weighted by molar-refractivity contribution is 5.89. The quantitative estimate of drug-likeness (QED) is 0.146. The van der Waals surface area contributed by atoms with Gasteiger partial charge in [-0.05, 0) is 239 Å². The van der Waals surface area contributed by atoms with Crippen LogP contribution in [0.1, 0.15) is 209 Å². The number of carbonyl (C=O) groups excluding carboxylic acids is 6. The van der Waals surface area contributed by atoms with Crippen molar-refractivity contribution in [3.63, 3.8) is 0 Å². The Morgan fingerprint density at radius 2 is 0.818 bits per heavy atom. The standard InChI is InChI=1S/C24H36O4.C21H32O4.C21H32O3/c1-14(13-28-15(2)25)19-7-8-20-18-6-5-16-11-17(26)9-10-23(16,3)22(18)21(27)12-24(19,20)4;1-20-8-7-13(23)9-12(20)3-4-14-15-5-6-16(18(25)11-22)21(15,2)10-17(24)19(14)20;1-12(22)16-6-7-17-15-5-4-13-10-14(23)8-9-20(13,2)19(15)18(24)11-21(16,17)3/h16-20,22,26H,1,5-13H2,2-4H3;12-16,19,22-23H,3-11H2,1-2H3;13-17,19,23H,4-11H2,1-3H3/t16-,17+,18?,19+,20?,22?,23-,24+;12-,13+,14?,15?,16+,19?,20-,21-;13-,14+,15?,16+,17?,19?,20-,21+/m000/s1. The van der Waals surface area contributed by atoms with Crippen LogP contribution >= 0.6 is 0 Å². The minimum atomic E-state index is -0.396. The van der Waals surface area contributed by atoms with E-state index in [4.69, 9.17) is 4.74 Å². The molecule has 0 spiro atoms. The maximum atomic E-state index is 13.6. The molecule has 0 aromatic heterocycles. The maximum absolute atomic E-state index is 13.6. The number of ketones is 5. The van der Waals surface area contributed by atoms with E-state index in [2.05, 4.69) is 48.1 Å². The predicted octanol–water partition coefficient (Wildman–Crippen LogP) is 10.8. The average Bonchev–Trinajstić information content (AvgIpc) is 4.19. The number of aliphatic hydroxyl groups is 4. The molecule has 0 aliphatic heterocycles.